The molecule has 1 unspecified atom stereocenters. The van der Waals surface area contributed by atoms with Crippen molar-refractivity contribution in [3.8, 4) is 6.07 Å². The maximum absolute atomic E-state index is 9.26. The second-order valence-corrected chi connectivity index (χ2v) is 6.40. The van der Waals surface area contributed by atoms with Crippen molar-refractivity contribution in [2.45, 2.75) is 33.7 Å². The maximum Gasteiger partial charge on any atom is 0.101 e. The molecule has 1 atom stereocenters. The van der Waals surface area contributed by atoms with Crippen molar-refractivity contribution >= 4 is 21.6 Å². The van der Waals surface area contributed by atoms with Gasteiger partial charge in [-0.25, -0.2) is 0 Å². The van der Waals surface area contributed by atoms with Gasteiger partial charge in [0.25, 0.3) is 0 Å². The summed E-state index contributed by atoms with van der Waals surface area (Å²) in [5, 5.41) is 12.7. The number of anilines is 1. The van der Waals surface area contributed by atoms with Crippen molar-refractivity contribution in [3.05, 3.63) is 62.6 Å². The van der Waals surface area contributed by atoms with Crippen LogP contribution in [0, 0.1) is 32.1 Å². The monoisotopic (exact) mass is 342 g/mol. The maximum atomic E-state index is 9.26. The second-order valence-electron chi connectivity index (χ2n) is 5.48. The molecule has 1 N–H and O–H groups in total. The van der Waals surface area contributed by atoms with Gasteiger partial charge in [0.2, 0.25) is 0 Å². The molecule has 0 aliphatic carbocycles. The summed E-state index contributed by atoms with van der Waals surface area (Å²) in [4.78, 5) is 0. The molecule has 0 radical (unpaired) electrons. The third kappa shape index (κ3) is 3.46. The van der Waals surface area contributed by atoms with Crippen molar-refractivity contribution in [1.29, 1.82) is 5.26 Å². The average molecular weight is 343 g/mol. The van der Waals surface area contributed by atoms with Crippen LogP contribution in [0.1, 0.15) is 40.8 Å². The molecule has 21 heavy (non-hydrogen) atoms. The molecule has 0 saturated carbocycles. The number of nitrogens with one attached hydrogen (secondary N) is 1. The minimum Gasteiger partial charge on any atom is -0.377 e. The molecule has 0 fully saturated rings. The lowest BCUT2D eigenvalue weighted by Crippen LogP contribution is -2.11. The van der Waals surface area contributed by atoms with E-state index in [2.05, 4.69) is 67.1 Å². The number of nitrogens with zero attached hydrogens (tertiary/aromatic N) is 1. The summed E-state index contributed by atoms with van der Waals surface area (Å²) >= 11 is 3.40. The molecule has 2 aromatic carbocycles. The minimum absolute atomic E-state index is 0.152. The smallest absolute Gasteiger partial charge is 0.101 e. The van der Waals surface area contributed by atoms with Crippen LogP contribution in [-0.2, 0) is 0 Å². The van der Waals surface area contributed by atoms with Gasteiger partial charge in [-0.1, -0.05) is 33.6 Å². The van der Waals surface area contributed by atoms with E-state index in [9.17, 15) is 5.26 Å². The fourth-order valence-corrected chi connectivity index (χ4v) is 3.28. The SMILES string of the molecule is Cc1cc(C)c(C(C)Nc2ccc(Br)cc2C#N)c(C)c1. The van der Waals surface area contributed by atoms with Crippen molar-refractivity contribution in [1.82, 2.24) is 0 Å². The lowest BCUT2D eigenvalue weighted by atomic mass is 9.94. The number of rotatable bonds is 3. The van der Waals surface area contributed by atoms with Crippen molar-refractivity contribution in [2.75, 3.05) is 5.32 Å². The Morgan fingerprint density at radius 3 is 2.29 bits per heavy atom. The van der Waals surface area contributed by atoms with Gasteiger partial charge in [0.05, 0.1) is 11.3 Å². The van der Waals surface area contributed by atoms with Crippen molar-refractivity contribution in [3.63, 3.8) is 0 Å². The van der Waals surface area contributed by atoms with E-state index in [-0.39, 0.29) is 6.04 Å². The highest BCUT2D eigenvalue weighted by atomic mass is 79.9. The standard InChI is InChI=1S/C18H19BrN2/c1-11-7-12(2)18(13(3)8-11)14(4)21-17-6-5-16(19)9-15(17)10-20/h5-9,14,21H,1-4H3. The van der Waals surface area contributed by atoms with Gasteiger partial charge in [0, 0.05) is 10.5 Å². The van der Waals surface area contributed by atoms with E-state index in [1.165, 1.54) is 22.3 Å². The van der Waals surface area contributed by atoms with Gasteiger partial charge in [0.15, 0.2) is 0 Å². The number of nitriles is 1. The van der Waals surface area contributed by atoms with Crippen molar-refractivity contribution in [2.24, 2.45) is 0 Å². The molecule has 0 aliphatic heterocycles. The Kier molecular flexibility index (Phi) is 4.69. The van der Waals surface area contributed by atoms with Gasteiger partial charge in [-0.2, -0.15) is 5.26 Å². The van der Waals surface area contributed by atoms with Crippen LogP contribution in [-0.4, -0.2) is 0 Å². The molecule has 0 aromatic heterocycles. The van der Waals surface area contributed by atoms with Gasteiger partial charge < -0.3 is 5.32 Å². The molecular formula is C18H19BrN2. The Morgan fingerprint density at radius 2 is 1.71 bits per heavy atom. The first-order chi connectivity index (χ1) is 9.92. The predicted molar refractivity (Wildman–Crippen MR) is 91.5 cm³/mol. The van der Waals surface area contributed by atoms with Gasteiger partial charge in [-0.05, 0) is 62.6 Å². The summed E-state index contributed by atoms with van der Waals surface area (Å²) in [7, 11) is 0. The molecule has 108 valence electrons. The summed E-state index contributed by atoms with van der Waals surface area (Å²) < 4.78 is 0.917. The van der Waals surface area contributed by atoms with E-state index in [4.69, 9.17) is 0 Å². The van der Waals surface area contributed by atoms with E-state index in [0.29, 0.717) is 5.56 Å². The number of hydrogen-bond acceptors (Lipinski definition) is 2. The quantitative estimate of drug-likeness (QED) is 0.808. The van der Waals surface area contributed by atoms with Gasteiger partial charge in [-0.15, -0.1) is 0 Å². The Labute approximate surface area is 134 Å². The molecule has 0 amide bonds. The molecule has 0 aliphatic rings. The lowest BCUT2D eigenvalue weighted by Gasteiger charge is -2.21. The fraction of sp³-hybridized carbons (Fsp3) is 0.278. The second kappa shape index (κ2) is 6.32. The van der Waals surface area contributed by atoms with Crippen LogP contribution in [0.2, 0.25) is 0 Å². The van der Waals surface area contributed by atoms with Crippen LogP contribution in [0.5, 0.6) is 0 Å². The van der Waals surface area contributed by atoms with Crippen LogP contribution in [0.4, 0.5) is 5.69 Å². The minimum atomic E-state index is 0.152. The molecule has 0 heterocycles. The zero-order valence-electron chi connectivity index (χ0n) is 12.8. The fourth-order valence-electron chi connectivity index (χ4n) is 2.91. The van der Waals surface area contributed by atoms with Crippen LogP contribution in [0.3, 0.4) is 0 Å². The van der Waals surface area contributed by atoms with Crippen LogP contribution < -0.4 is 5.32 Å². The highest BCUT2D eigenvalue weighted by Crippen LogP contribution is 2.28. The zero-order chi connectivity index (χ0) is 15.6. The molecule has 2 aromatic rings. The zero-order valence-corrected chi connectivity index (χ0v) is 14.4. The third-order valence-electron chi connectivity index (χ3n) is 3.65. The first-order valence-corrected chi connectivity index (χ1v) is 7.75. The van der Waals surface area contributed by atoms with E-state index in [1.54, 1.807) is 0 Å². The number of benzene rings is 2. The molecule has 0 saturated heterocycles. The predicted octanol–water partition coefficient (Wildman–Crippen LogP) is 5.42. The Balaban J connectivity index is 2.35. The van der Waals surface area contributed by atoms with Crippen LogP contribution >= 0.6 is 15.9 Å². The topological polar surface area (TPSA) is 35.8 Å². The Bertz CT molecular complexity index is 691. The first-order valence-electron chi connectivity index (χ1n) is 6.96. The number of hydrogen-bond donors (Lipinski definition) is 1. The Morgan fingerprint density at radius 1 is 1.10 bits per heavy atom. The normalized spacial score (nSPS) is 11.8. The summed E-state index contributed by atoms with van der Waals surface area (Å²) in [6.45, 7) is 8.53. The number of aryl methyl sites for hydroxylation is 3. The summed E-state index contributed by atoms with van der Waals surface area (Å²) in [6, 6.07) is 12.5. The lowest BCUT2D eigenvalue weighted by molar-refractivity contribution is 0.861. The molecule has 0 spiro atoms. The van der Waals surface area contributed by atoms with E-state index < -0.39 is 0 Å². The first kappa shape index (κ1) is 15.6. The highest BCUT2D eigenvalue weighted by Gasteiger charge is 2.13. The van der Waals surface area contributed by atoms with Crippen LogP contribution in [0.25, 0.3) is 0 Å². The van der Waals surface area contributed by atoms with E-state index >= 15 is 0 Å². The molecular weight excluding hydrogens is 324 g/mol. The highest BCUT2D eigenvalue weighted by molar-refractivity contribution is 9.10. The molecule has 2 rings (SSSR count). The summed E-state index contributed by atoms with van der Waals surface area (Å²) in [5.41, 5.74) is 6.66. The van der Waals surface area contributed by atoms with E-state index in [0.717, 1.165) is 10.2 Å². The number of halogens is 1. The molecule has 0 bridgehead atoms. The van der Waals surface area contributed by atoms with Crippen LogP contribution in [0.15, 0.2) is 34.8 Å². The summed E-state index contributed by atoms with van der Waals surface area (Å²) in [5.74, 6) is 0. The average Bonchev–Trinajstić information content (AvgIpc) is 2.39. The van der Waals surface area contributed by atoms with Gasteiger partial charge in [-0.3, -0.25) is 0 Å². The van der Waals surface area contributed by atoms with Crippen molar-refractivity contribution < 1.29 is 0 Å². The largest absolute Gasteiger partial charge is 0.377 e. The molecule has 2 nitrogen and oxygen atoms in total. The van der Waals surface area contributed by atoms with E-state index in [1.807, 2.05) is 18.2 Å². The molecule has 3 heteroatoms. The van der Waals surface area contributed by atoms with Gasteiger partial charge in [0.1, 0.15) is 6.07 Å². The third-order valence-corrected chi connectivity index (χ3v) is 4.14. The Hall–Kier alpha value is -1.79. The summed E-state index contributed by atoms with van der Waals surface area (Å²) in [6.07, 6.45) is 0. The van der Waals surface area contributed by atoms with Gasteiger partial charge >= 0.3 is 0 Å².